The van der Waals surface area contributed by atoms with E-state index in [9.17, 15) is 8.42 Å². The molecule has 0 radical (unpaired) electrons. The number of sulfonamides is 1. The van der Waals surface area contributed by atoms with Gasteiger partial charge in [0, 0.05) is 20.3 Å². The van der Waals surface area contributed by atoms with Crippen molar-refractivity contribution in [3.8, 4) is 0 Å². The van der Waals surface area contributed by atoms with E-state index in [1.807, 2.05) is 7.85 Å². The zero-order chi connectivity index (χ0) is 10.1. The molecule has 0 amide bonds. The van der Waals surface area contributed by atoms with Crippen LogP contribution in [0.3, 0.4) is 0 Å². The van der Waals surface area contributed by atoms with Crippen LogP contribution in [0.5, 0.6) is 0 Å². The van der Waals surface area contributed by atoms with Crippen LogP contribution in [0.15, 0.2) is 23.4 Å². The molecule has 0 fully saturated rings. The number of nitrogens with zero attached hydrogens (tertiary/aromatic N) is 2. The predicted molar refractivity (Wildman–Crippen MR) is 53.3 cm³/mol. The van der Waals surface area contributed by atoms with Crippen LogP contribution in [0.4, 0.5) is 0 Å². The molecular weight excluding hydrogens is 187 g/mol. The molecule has 0 bridgehead atoms. The lowest BCUT2D eigenvalue weighted by Gasteiger charge is -2.10. The fraction of sp³-hybridized carbons (Fsp3) is 0.286. The van der Waals surface area contributed by atoms with E-state index >= 15 is 0 Å². The maximum absolute atomic E-state index is 11.5. The van der Waals surface area contributed by atoms with Gasteiger partial charge in [0.25, 0.3) is 10.0 Å². The lowest BCUT2D eigenvalue weighted by Crippen LogP contribution is -2.24. The predicted octanol–water partition coefficient (Wildman–Crippen LogP) is -1.41. The number of aromatic nitrogens is 1. The Morgan fingerprint density at radius 2 is 2.08 bits per heavy atom. The van der Waals surface area contributed by atoms with Crippen molar-refractivity contribution in [3.63, 3.8) is 0 Å². The molecule has 1 rings (SSSR count). The van der Waals surface area contributed by atoms with E-state index in [0.29, 0.717) is 0 Å². The van der Waals surface area contributed by atoms with E-state index in [0.717, 1.165) is 9.77 Å². The lowest BCUT2D eigenvalue weighted by atomic mass is 9.98. The van der Waals surface area contributed by atoms with Gasteiger partial charge in [-0.2, -0.15) is 0 Å². The summed E-state index contributed by atoms with van der Waals surface area (Å²) in [6.07, 6.45) is 1.49. The average Bonchev–Trinajstić information content (AvgIpc) is 2.04. The van der Waals surface area contributed by atoms with Gasteiger partial charge in [0.05, 0.1) is 0 Å². The third kappa shape index (κ3) is 2.08. The molecular formula is C7H11BN2O2S. The van der Waals surface area contributed by atoms with Gasteiger partial charge in [0.1, 0.15) is 7.85 Å². The average molecular weight is 198 g/mol. The van der Waals surface area contributed by atoms with Crippen molar-refractivity contribution < 1.29 is 8.42 Å². The van der Waals surface area contributed by atoms with Crippen LogP contribution in [0.25, 0.3) is 0 Å². The Bertz CT molecular complexity index is 403. The van der Waals surface area contributed by atoms with Crippen molar-refractivity contribution in [2.45, 2.75) is 5.03 Å². The third-order valence-electron chi connectivity index (χ3n) is 1.64. The van der Waals surface area contributed by atoms with Gasteiger partial charge in [-0.1, -0.05) is 11.5 Å². The van der Waals surface area contributed by atoms with Crippen LogP contribution in [0.1, 0.15) is 0 Å². The van der Waals surface area contributed by atoms with E-state index in [4.69, 9.17) is 0 Å². The van der Waals surface area contributed by atoms with E-state index in [1.54, 1.807) is 12.1 Å². The molecule has 1 aromatic heterocycles. The van der Waals surface area contributed by atoms with Gasteiger partial charge in [0.2, 0.25) is 0 Å². The minimum absolute atomic E-state index is 0.0949. The second-order valence-electron chi connectivity index (χ2n) is 2.96. The molecule has 13 heavy (non-hydrogen) atoms. The molecule has 0 aliphatic rings. The topological polar surface area (TPSA) is 50.3 Å². The molecule has 0 aliphatic carbocycles. The van der Waals surface area contributed by atoms with Crippen molar-refractivity contribution in [2.24, 2.45) is 0 Å². The largest absolute Gasteiger partial charge is 0.259 e. The van der Waals surface area contributed by atoms with Crippen LogP contribution in [-0.2, 0) is 10.0 Å². The molecule has 1 aromatic rings. The molecule has 1 heterocycles. The zero-order valence-electron chi connectivity index (χ0n) is 7.85. The number of rotatable bonds is 2. The Morgan fingerprint density at radius 3 is 2.54 bits per heavy atom. The minimum Gasteiger partial charge on any atom is -0.243 e. The summed E-state index contributed by atoms with van der Waals surface area (Å²) in [6.45, 7) is 0. The van der Waals surface area contributed by atoms with Gasteiger partial charge in [-0.3, -0.25) is 0 Å². The summed E-state index contributed by atoms with van der Waals surface area (Å²) < 4.78 is 24.2. The second-order valence-corrected chi connectivity index (χ2v) is 5.06. The SMILES string of the molecule is Bc1ccnc(S(=O)(=O)N(C)C)c1. The summed E-state index contributed by atoms with van der Waals surface area (Å²) in [5.74, 6) is 0. The molecule has 6 heteroatoms. The van der Waals surface area contributed by atoms with Gasteiger partial charge in [-0.25, -0.2) is 17.7 Å². The Balaban J connectivity index is 3.24. The molecule has 0 aliphatic heterocycles. The molecule has 0 atom stereocenters. The standard InChI is InChI=1S/C7H11BN2O2S/c1-10(2)13(11,12)7-5-6(8)3-4-9-7/h3-5H,8H2,1-2H3. The zero-order valence-corrected chi connectivity index (χ0v) is 8.67. The first kappa shape index (κ1) is 10.2. The van der Waals surface area contributed by atoms with Crippen molar-refractivity contribution in [3.05, 3.63) is 18.3 Å². The fourth-order valence-corrected chi connectivity index (χ4v) is 1.74. The highest BCUT2D eigenvalue weighted by atomic mass is 32.2. The normalized spacial score (nSPS) is 11.9. The summed E-state index contributed by atoms with van der Waals surface area (Å²) >= 11 is 0. The Kier molecular flexibility index (Phi) is 2.73. The highest BCUT2D eigenvalue weighted by molar-refractivity contribution is 7.89. The summed E-state index contributed by atoms with van der Waals surface area (Å²) in [4.78, 5) is 3.80. The monoisotopic (exact) mass is 198 g/mol. The second kappa shape index (κ2) is 3.47. The summed E-state index contributed by atoms with van der Waals surface area (Å²) in [6, 6.07) is 3.31. The van der Waals surface area contributed by atoms with E-state index in [2.05, 4.69) is 4.98 Å². The minimum atomic E-state index is -3.38. The molecule has 0 saturated carbocycles. The van der Waals surface area contributed by atoms with Gasteiger partial charge >= 0.3 is 0 Å². The van der Waals surface area contributed by atoms with E-state index < -0.39 is 10.0 Å². The Hall–Kier alpha value is -0.875. The summed E-state index contributed by atoms with van der Waals surface area (Å²) in [5.41, 5.74) is 0.885. The highest BCUT2D eigenvalue weighted by Gasteiger charge is 2.17. The Morgan fingerprint density at radius 1 is 1.46 bits per heavy atom. The maximum atomic E-state index is 11.5. The number of pyridine rings is 1. The molecule has 0 spiro atoms. The molecule has 0 saturated heterocycles. The molecule has 0 N–H and O–H groups in total. The highest BCUT2D eigenvalue weighted by Crippen LogP contribution is 2.06. The van der Waals surface area contributed by atoms with Crippen molar-refractivity contribution in [1.29, 1.82) is 0 Å². The van der Waals surface area contributed by atoms with Crippen LogP contribution in [0, 0.1) is 0 Å². The maximum Gasteiger partial charge on any atom is 0.259 e. The van der Waals surface area contributed by atoms with E-state index in [1.165, 1.54) is 20.3 Å². The third-order valence-corrected chi connectivity index (χ3v) is 3.35. The fourth-order valence-electron chi connectivity index (χ4n) is 0.837. The van der Waals surface area contributed by atoms with Crippen LogP contribution in [-0.4, -0.2) is 39.6 Å². The number of hydrogen-bond acceptors (Lipinski definition) is 3. The van der Waals surface area contributed by atoms with Gasteiger partial charge in [-0.15, -0.1) is 0 Å². The first-order chi connectivity index (χ1) is 5.94. The summed E-state index contributed by atoms with van der Waals surface area (Å²) in [5, 5.41) is 0.0949. The van der Waals surface area contributed by atoms with Crippen LogP contribution in [0.2, 0.25) is 0 Å². The van der Waals surface area contributed by atoms with Gasteiger partial charge in [-0.05, 0) is 6.07 Å². The summed E-state index contributed by atoms with van der Waals surface area (Å²) in [7, 11) is 1.42. The molecule has 70 valence electrons. The van der Waals surface area contributed by atoms with Crippen LogP contribution >= 0.6 is 0 Å². The lowest BCUT2D eigenvalue weighted by molar-refractivity contribution is 0.517. The molecule has 0 unspecified atom stereocenters. The van der Waals surface area contributed by atoms with Crippen LogP contribution < -0.4 is 5.46 Å². The number of hydrogen-bond donors (Lipinski definition) is 0. The molecule has 4 nitrogen and oxygen atoms in total. The van der Waals surface area contributed by atoms with Gasteiger partial charge < -0.3 is 0 Å². The van der Waals surface area contributed by atoms with Crippen molar-refractivity contribution in [1.82, 2.24) is 9.29 Å². The van der Waals surface area contributed by atoms with Gasteiger partial charge in [0.15, 0.2) is 5.03 Å². The first-order valence-corrected chi connectivity index (χ1v) is 5.24. The van der Waals surface area contributed by atoms with Crippen molar-refractivity contribution >= 4 is 23.3 Å². The molecule has 0 aromatic carbocycles. The quantitative estimate of drug-likeness (QED) is 0.548. The first-order valence-electron chi connectivity index (χ1n) is 3.80. The Labute approximate surface area is 79.1 Å². The van der Waals surface area contributed by atoms with Crippen molar-refractivity contribution in [2.75, 3.05) is 14.1 Å². The smallest absolute Gasteiger partial charge is 0.243 e. The van der Waals surface area contributed by atoms with E-state index in [-0.39, 0.29) is 5.03 Å².